The number of aliphatic hydroxyl groups excluding tert-OH is 1. The molecule has 0 aliphatic carbocycles. The highest BCUT2D eigenvalue weighted by molar-refractivity contribution is 5.83. The van der Waals surface area contributed by atoms with Gasteiger partial charge in [-0.1, -0.05) is 0 Å². The maximum atomic E-state index is 11.3. The van der Waals surface area contributed by atoms with Crippen LogP contribution in [0.2, 0.25) is 0 Å². The van der Waals surface area contributed by atoms with Crippen LogP contribution >= 0.6 is 0 Å². The van der Waals surface area contributed by atoms with Gasteiger partial charge in [-0.3, -0.25) is 4.79 Å². The molecule has 1 rings (SSSR count). The maximum absolute atomic E-state index is 11.3. The monoisotopic (exact) mass is 227 g/mol. The third-order valence-electron chi connectivity index (χ3n) is 1.99. The Bertz CT molecular complexity index is 346. The normalized spacial score (nSPS) is 12.1. The average molecular weight is 227 g/mol. The van der Waals surface area contributed by atoms with Crippen LogP contribution in [-0.2, 0) is 16.0 Å². The zero-order chi connectivity index (χ0) is 12.0. The van der Waals surface area contributed by atoms with Crippen LogP contribution < -0.4 is 5.32 Å². The summed E-state index contributed by atoms with van der Waals surface area (Å²) >= 11 is 0. The number of rotatable bonds is 6. The Morgan fingerprint density at radius 2 is 2.25 bits per heavy atom. The first-order valence-electron chi connectivity index (χ1n) is 4.79. The van der Waals surface area contributed by atoms with Crippen molar-refractivity contribution in [3.8, 4) is 0 Å². The smallest absolute Gasteiger partial charge is 0.328 e. The summed E-state index contributed by atoms with van der Waals surface area (Å²) in [5, 5.41) is 19.5. The summed E-state index contributed by atoms with van der Waals surface area (Å²) in [6.45, 7) is -0.623. The van der Waals surface area contributed by atoms with E-state index in [0.29, 0.717) is 12.2 Å². The van der Waals surface area contributed by atoms with Gasteiger partial charge in [-0.2, -0.15) is 0 Å². The van der Waals surface area contributed by atoms with Crippen LogP contribution in [-0.4, -0.2) is 34.7 Å². The van der Waals surface area contributed by atoms with Crippen molar-refractivity contribution in [2.75, 3.05) is 6.61 Å². The molecule has 0 bridgehead atoms. The molecule has 3 N–H and O–H groups in total. The number of aliphatic hydroxyl groups is 1. The van der Waals surface area contributed by atoms with E-state index in [1.165, 1.54) is 6.26 Å². The number of carbonyl (C=O) groups is 2. The first-order valence-corrected chi connectivity index (χ1v) is 4.79. The second kappa shape index (κ2) is 5.92. The number of nitrogens with one attached hydrogen (secondary N) is 1. The van der Waals surface area contributed by atoms with E-state index in [4.69, 9.17) is 14.6 Å². The Balaban J connectivity index is 2.33. The summed E-state index contributed by atoms with van der Waals surface area (Å²) in [4.78, 5) is 21.8. The van der Waals surface area contributed by atoms with Gasteiger partial charge in [0.15, 0.2) is 0 Å². The minimum atomic E-state index is -1.26. The van der Waals surface area contributed by atoms with E-state index in [1.54, 1.807) is 12.1 Å². The predicted molar refractivity (Wildman–Crippen MR) is 53.7 cm³/mol. The summed E-state index contributed by atoms with van der Waals surface area (Å²) in [7, 11) is 0. The van der Waals surface area contributed by atoms with Crippen LogP contribution in [0.25, 0.3) is 0 Å². The number of furan rings is 1. The largest absolute Gasteiger partial charge is 0.480 e. The number of hydrogen-bond acceptors (Lipinski definition) is 4. The van der Waals surface area contributed by atoms with E-state index in [2.05, 4.69) is 5.32 Å². The fourth-order valence-corrected chi connectivity index (χ4v) is 1.14. The van der Waals surface area contributed by atoms with Gasteiger partial charge in [-0.25, -0.2) is 4.79 Å². The van der Waals surface area contributed by atoms with Gasteiger partial charge in [0.05, 0.1) is 12.9 Å². The lowest BCUT2D eigenvalue weighted by atomic mass is 10.2. The van der Waals surface area contributed by atoms with Gasteiger partial charge in [0.25, 0.3) is 0 Å². The lowest BCUT2D eigenvalue weighted by molar-refractivity contribution is -0.142. The number of carboxylic acids is 1. The molecule has 0 saturated carbocycles. The lowest BCUT2D eigenvalue weighted by Gasteiger charge is -2.10. The van der Waals surface area contributed by atoms with Crippen LogP contribution in [0, 0.1) is 0 Å². The number of carbonyl (C=O) groups excluding carboxylic acids is 1. The van der Waals surface area contributed by atoms with E-state index in [-0.39, 0.29) is 6.42 Å². The maximum Gasteiger partial charge on any atom is 0.328 e. The van der Waals surface area contributed by atoms with Gasteiger partial charge in [0.1, 0.15) is 11.8 Å². The second-order valence-corrected chi connectivity index (χ2v) is 3.22. The summed E-state index contributed by atoms with van der Waals surface area (Å²) in [6.07, 6.45) is 2.02. The van der Waals surface area contributed by atoms with Crippen molar-refractivity contribution < 1.29 is 24.2 Å². The molecule has 0 aromatic carbocycles. The molecule has 1 heterocycles. The highest BCUT2D eigenvalue weighted by Gasteiger charge is 2.18. The van der Waals surface area contributed by atoms with Gasteiger partial charge in [0.2, 0.25) is 5.91 Å². The first-order chi connectivity index (χ1) is 7.63. The van der Waals surface area contributed by atoms with Gasteiger partial charge in [-0.15, -0.1) is 0 Å². The van der Waals surface area contributed by atoms with Crippen LogP contribution in [0.5, 0.6) is 0 Å². The molecule has 1 amide bonds. The number of aryl methyl sites for hydroxylation is 1. The molecule has 0 saturated heterocycles. The minimum Gasteiger partial charge on any atom is -0.480 e. The zero-order valence-corrected chi connectivity index (χ0v) is 8.55. The molecule has 1 atom stereocenters. The third-order valence-corrected chi connectivity index (χ3v) is 1.99. The quantitative estimate of drug-likeness (QED) is 0.623. The summed E-state index contributed by atoms with van der Waals surface area (Å²) in [5.41, 5.74) is 0. The zero-order valence-electron chi connectivity index (χ0n) is 8.55. The predicted octanol–water partition coefficient (Wildman–Crippen LogP) is -0.226. The molecule has 0 fully saturated rings. The molecule has 0 aliphatic heterocycles. The highest BCUT2D eigenvalue weighted by atomic mass is 16.4. The summed E-state index contributed by atoms with van der Waals surface area (Å²) < 4.78 is 5.02. The number of amides is 1. The molecule has 88 valence electrons. The average Bonchev–Trinajstić information content (AvgIpc) is 2.75. The molecular weight excluding hydrogens is 214 g/mol. The lowest BCUT2D eigenvalue weighted by Crippen LogP contribution is -2.43. The summed E-state index contributed by atoms with van der Waals surface area (Å²) in [5.74, 6) is -1.03. The van der Waals surface area contributed by atoms with Gasteiger partial charge in [-0.05, 0) is 12.1 Å². The second-order valence-electron chi connectivity index (χ2n) is 3.22. The van der Waals surface area contributed by atoms with Crippen molar-refractivity contribution in [1.82, 2.24) is 5.32 Å². The molecule has 0 spiro atoms. The van der Waals surface area contributed by atoms with Gasteiger partial charge < -0.3 is 19.9 Å². The van der Waals surface area contributed by atoms with E-state index in [0.717, 1.165) is 0 Å². The van der Waals surface area contributed by atoms with Crippen LogP contribution in [0.4, 0.5) is 0 Å². The minimum absolute atomic E-state index is 0.122. The van der Waals surface area contributed by atoms with Crippen LogP contribution in [0.3, 0.4) is 0 Å². The number of hydrogen-bond donors (Lipinski definition) is 3. The molecular formula is C10H13NO5. The Labute approximate surface area is 91.9 Å². The van der Waals surface area contributed by atoms with Crippen molar-refractivity contribution in [1.29, 1.82) is 0 Å². The number of aliphatic carboxylic acids is 1. The topological polar surface area (TPSA) is 99.8 Å². The van der Waals surface area contributed by atoms with Gasteiger partial charge >= 0.3 is 5.97 Å². The SMILES string of the molecule is O=C(CCc1ccco1)N[C@@H](CO)C(=O)O. The molecule has 0 unspecified atom stereocenters. The fraction of sp³-hybridized carbons (Fsp3) is 0.400. The third kappa shape index (κ3) is 3.74. The van der Waals surface area contributed by atoms with Crippen molar-refractivity contribution in [2.24, 2.45) is 0 Å². The summed E-state index contributed by atoms with van der Waals surface area (Å²) in [6, 6.07) is 2.19. The fourth-order valence-electron chi connectivity index (χ4n) is 1.14. The molecule has 0 radical (unpaired) electrons. The van der Waals surface area contributed by atoms with E-state index in [1.807, 2.05) is 0 Å². The van der Waals surface area contributed by atoms with Gasteiger partial charge in [0, 0.05) is 12.8 Å². The van der Waals surface area contributed by atoms with Crippen LogP contribution in [0.1, 0.15) is 12.2 Å². The molecule has 1 aromatic heterocycles. The molecule has 6 heteroatoms. The standard InChI is InChI=1S/C10H13NO5/c12-6-8(10(14)15)11-9(13)4-3-7-2-1-5-16-7/h1-2,5,8,12H,3-4,6H2,(H,11,13)(H,14,15)/t8-/m0/s1. The molecule has 16 heavy (non-hydrogen) atoms. The number of carboxylic acid groups (broad SMARTS) is 1. The van der Waals surface area contributed by atoms with E-state index in [9.17, 15) is 9.59 Å². The highest BCUT2D eigenvalue weighted by Crippen LogP contribution is 2.03. The molecule has 0 aliphatic rings. The Morgan fingerprint density at radius 3 is 2.75 bits per heavy atom. The molecule has 1 aromatic rings. The van der Waals surface area contributed by atoms with Crippen LogP contribution in [0.15, 0.2) is 22.8 Å². The van der Waals surface area contributed by atoms with E-state index >= 15 is 0 Å². The van der Waals surface area contributed by atoms with Crippen molar-refractivity contribution in [3.63, 3.8) is 0 Å². The Hall–Kier alpha value is -1.82. The van der Waals surface area contributed by atoms with Crippen molar-refractivity contribution in [2.45, 2.75) is 18.9 Å². The van der Waals surface area contributed by atoms with E-state index < -0.39 is 24.5 Å². The Morgan fingerprint density at radius 1 is 1.50 bits per heavy atom. The first kappa shape index (κ1) is 12.3. The molecule has 6 nitrogen and oxygen atoms in total. The Kier molecular flexibility index (Phi) is 4.53. The van der Waals surface area contributed by atoms with Crippen molar-refractivity contribution >= 4 is 11.9 Å². The van der Waals surface area contributed by atoms with Crippen molar-refractivity contribution in [3.05, 3.63) is 24.2 Å².